The summed E-state index contributed by atoms with van der Waals surface area (Å²) in [7, 11) is 0. The van der Waals surface area contributed by atoms with Crippen LogP contribution < -0.4 is 0 Å². The molecule has 1 N–H and O–H groups in total. The number of carboxylic acids is 1. The van der Waals surface area contributed by atoms with Crippen molar-refractivity contribution >= 4 is 17.0 Å². The lowest BCUT2D eigenvalue weighted by molar-refractivity contribution is 0.0697. The molecule has 0 unspecified atom stereocenters. The van der Waals surface area contributed by atoms with Gasteiger partial charge in [-0.3, -0.25) is 4.98 Å². The predicted octanol–water partition coefficient (Wildman–Crippen LogP) is 1.77. The van der Waals surface area contributed by atoms with Gasteiger partial charge in [-0.05, 0) is 30.3 Å². The van der Waals surface area contributed by atoms with Gasteiger partial charge in [0, 0.05) is 24.9 Å². The summed E-state index contributed by atoms with van der Waals surface area (Å²) in [6.45, 7) is 0.653. The third kappa shape index (κ3) is 2.35. The third-order valence-corrected chi connectivity index (χ3v) is 3.07. The fourth-order valence-electron chi connectivity index (χ4n) is 2.04. The fourth-order valence-corrected chi connectivity index (χ4v) is 2.04. The van der Waals surface area contributed by atoms with E-state index >= 15 is 0 Å². The van der Waals surface area contributed by atoms with E-state index in [4.69, 9.17) is 5.11 Å². The van der Waals surface area contributed by atoms with Crippen LogP contribution in [0, 0.1) is 0 Å². The molecule has 100 valence electrons. The lowest BCUT2D eigenvalue weighted by atomic mass is 10.2. The Morgan fingerprint density at radius 1 is 1.25 bits per heavy atom. The monoisotopic (exact) mass is 268 g/mol. The minimum Gasteiger partial charge on any atom is -0.478 e. The molecule has 0 fully saturated rings. The van der Waals surface area contributed by atoms with Gasteiger partial charge in [0.05, 0.1) is 11.1 Å². The average molecular weight is 268 g/mol. The highest BCUT2D eigenvalue weighted by molar-refractivity contribution is 5.92. The number of fused-ring (bicyclic) bond motifs is 1. The molecule has 2 heterocycles. The van der Waals surface area contributed by atoms with Crippen LogP contribution in [0.3, 0.4) is 0 Å². The molecule has 6 nitrogen and oxygen atoms in total. The number of rotatable bonds is 4. The first-order chi connectivity index (χ1) is 9.74. The van der Waals surface area contributed by atoms with Gasteiger partial charge in [0.25, 0.3) is 0 Å². The highest BCUT2D eigenvalue weighted by Gasteiger charge is 2.09. The summed E-state index contributed by atoms with van der Waals surface area (Å²) in [5, 5.41) is 17.0. The molecule has 0 aliphatic heterocycles. The van der Waals surface area contributed by atoms with E-state index < -0.39 is 5.97 Å². The van der Waals surface area contributed by atoms with Crippen molar-refractivity contribution in [3.05, 3.63) is 53.9 Å². The maximum Gasteiger partial charge on any atom is 0.335 e. The summed E-state index contributed by atoms with van der Waals surface area (Å²) >= 11 is 0. The summed E-state index contributed by atoms with van der Waals surface area (Å²) in [6.07, 6.45) is 2.51. The van der Waals surface area contributed by atoms with E-state index in [-0.39, 0.29) is 5.56 Å². The number of carboxylic acid groups (broad SMARTS) is 1. The molecule has 3 aromatic rings. The Morgan fingerprint density at radius 3 is 2.90 bits per heavy atom. The number of hydrogen-bond donors (Lipinski definition) is 1. The topological polar surface area (TPSA) is 80.9 Å². The first-order valence-electron chi connectivity index (χ1n) is 6.20. The second-order valence-corrected chi connectivity index (χ2v) is 4.39. The fraction of sp³-hybridized carbons (Fsp3) is 0.143. The SMILES string of the molecule is O=C(O)c1ccc2c(c1)nnn2CCc1ccccn1. The minimum atomic E-state index is -0.963. The van der Waals surface area contributed by atoms with Crippen molar-refractivity contribution in [1.29, 1.82) is 0 Å². The second-order valence-electron chi connectivity index (χ2n) is 4.39. The Labute approximate surface area is 114 Å². The van der Waals surface area contributed by atoms with Gasteiger partial charge in [0.2, 0.25) is 0 Å². The van der Waals surface area contributed by atoms with Crippen molar-refractivity contribution in [3.8, 4) is 0 Å². The summed E-state index contributed by atoms with van der Waals surface area (Å²) in [4.78, 5) is 15.2. The molecule has 20 heavy (non-hydrogen) atoms. The van der Waals surface area contributed by atoms with Crippen molar-refractivity contribution in [2.24, 2.45) is 0 Å². The molecule has 0 aliphatic carbocycles. The Hall–Kier alpha value is -2.76. The highest BCUT2D eigenvalue weighted by atomic mass is 16.4. The van der Waals surface area contributed by atoms with Crippen molar-refractivity contribution in [1.82, 2.24) is 20.0 Å². The molecule has 0 spiro atoms. The third-order valence-electron chi connectivity index (χ3n) is 3.07. The molecule has 0 aliphatic rings. The molecule has 0 bridgehead atoms. The van der Waals surface area contributed by atoms with Gasteiger partial charge in [-0.25, -0.2) is 9.48 Å². The van der Waals surface area contributed by atoms with Crippen molar-refractivity contribution in [3.63, 3.8) is 0 Å². The molecule has 0 atom stereocenters. The van der Waals surface area contributed by atoms with Gasteiger partial charge in [-0.1, -0.05) is 11.3 Å². The molecule has 2 aromatic heterocycles. The van der Waals surface area contributed by atoms with E-state index in [1.54, 1.807) is 23.0 Å². The highest BCUT2D eigenvalue weighted by Crippen LogP contribution is 2.14. The van der Waals surface area contributed by atoms with Crippen molar-refractivity contribution < 1.29 is 9.90 Å². The molecule has 0 saturated carbocycles. The zero-order chi connectivity index (χ0) is 13.9. The van der Waals surface area contributed by atoms with Crippen LogP contribution in [0.4, 0.5) is 0 Å². The van der Waals surface area contributed by atoms with Crippen LogP contribution in [0.2, 0.25) is 0 Å². The predicted molar refractivity (Wildman–Crippen MR) is 72.4 cm³/mol. The molecule has 6 heteroatoms. The first-order valence-corrected chi connectivity index (χ1v) is 6.20. The quantitative estimate of drug-likeness (QED) is 0.779. The van der Waals surface area contributed by atoms with E-state index in [1.807, 2.05) is 18.2 Å². The normalized spacial score (nSPS) is 10.8. The zero-order valence-corrected chi connectivity index (χ0v) is 10.6. The van der Waals surface area contributed by atoms with Crippen LogP contribution in [-0.2, 0) is 13.0 Å². The van der Waals surface area contributed by atoms with Crippen LogP contribution in [-0.4, -0.2) is 31.1 Å². The van der Waals surface area contributed by atoms with Crippen molar-refractivity contribution in [2.75, 3.05) is 0 Å². The molecular formula is C14H12N4O2. The minimum absolute atomic E-state index is 0.217. The number of pyridine rings is 1. The largest absolute Gasteiger partial charge is 0.478 e. The Morgan fingerprint density at radius 2 is 2.15 bits per heavy atom. The summed E-state index contributed by atoms with van der Waals surface area (Å²) in [5.74, 6) is -0.963. The molecule has 3 rings (SSSR count). The van der Waals surface area contributed by atoms with Gasteiger partial charge in [0.1, 0.15) is 5.52 Å². The van der Waals surface area contributed by atoms with E-state index in [0.29, 0.717) is 12.1 Å². The van der Waals surface area contributed by atoms with Gasteiger partial charge in [-0.2, -0.15) is 0 Å². The van der Waals surface area contributed by atoms with Crippen LogP contribution in [0.5, 0.6) is 0 Å². The van der Waals surface area contributed by atoms with Gasteiger partial charge < -0.3 is 5.11 Å². The number of nitrogens with zero attached hydrogens (tertiary/aromatic N) is 4. The van der Waals surface area contributed by atoms with E-state index in [2.05, 4.69) is 15.3 Å². The summed E-state index contributed by atoms with van der Waals surface area (Å²) in [5.41, 5.74) is 2.62. The number of benzene rings is 1. The molecule has 1 aromatic carbocycles. The Kier molecular flexibility index (Phi) is 3.12. The molecule has 0 saturated heterocycles. The summed E-state index contributed by atoms with van der Waals surface area (Å²) in [6, 6.07) is 10.6. The average Bonchev–Trinajstić information content (AvgIpc) is 2.88. The lowest BCUT2D eigenvalue weighted by Crippen LogP contribution is -2.04. The lowest BCUT2D eigenvalue weighted by Gasteiger charge is -2.02. The van der Waals surface area contributed by atoms with Crippen LogP contribution in [0.25, 0.3) is 11.0 Å². The van der Waals surface area contributed by atoms with Crippen LogP contribution in [0.1, 0.15) is 16.1 Å². The van der Waals surface area contributed by atoms with Gasteiger partial charge >= 0.3 is 5.97 Å². The Bertz CT molecular complexity index is 752. The first kappa shape index (κ1) is 12.3. The van der Waals surface area contributed by atoms with Crippen molar-refractivity contribution in [2.45, 2.75) is 13.0 Å². The maximum atomic E-state index is 10.9. The van der Waals surface area contributed by atoms with Gasteiger partial charge in [0.15, 0.2) is 0 Å². The van der Waals surface area contributed by atoms with Crippen LogP contribution in [0.15, 0.2) is 42.6 Å². The molecular weight excluding hydrogens is 256 g/mol. The van der Waals surface area contributed by atoms with Gasteiger partial charge in [-0.15, -0.1) is 5.10 Å². The van der Waals surface area contributed by atoms with E-state index in [9.17, 15) is 4.79 Å². The second kappa shape index (κ2) is 5.08. The Balaban J connectivity index is 1.84. The smallest absolute Gasteiger partial charge is 0.335 e. The zero-order valence-electron chi connectivity index (χ0n) is 10.6. The van der Waals surface area contributed by atoms with E-state index in [1.165, 1.54) is 6.07 Å². The van der Waals surface area contributed by atoms with E-state index in [0.717, 1.165) is 17.6 Å². The number of carbonyl (C=O) groups is 1. The molecule has 0 radical (unpaired) electrons. The summed E-state index contributed by atoms with van der Waals surface area (Å²) < 4.78 is 1.76. The number of aryl methyl sites for hydroxylation is 2. The number of aromatic carboxylic acids is 1. The molecule has 0 amide bonds. The maximum absolute atomic E-state index is 10.9. The number of hydrogen-bond acceptors (Lipinski definition) is 4. The van der Waals surface area contributed by atoms with Crippen LogP contribution >= 0.6 is 0 Å². The standard InChI is InChI=1S/C14H12N4O2/c19-14(20)10-4-5-13-12(9-10)16-17-18(13)8-6-11-3-1-2-7-15-11/h1-5,7,9H,6,8H2,(H,19,20). The number of aromatic nitrogens is 4.